The number of nitrogens with one attached hydrogen (secondary N) is 1. The molecule has 1 aliphatic carbocycles. The topological polar surface area (TPSA) is 186 Å². The molecule has 0 spiro atoms. The van der Waals surface area contributed by atoms with Crippen LogP contribution in [0.1, 0.15) is 58.9 Å². The van der Waals surface area contributed by atoms with E-state index in [0.717, 1.165) is 49.9 Å². The molecule has 3 aromatic heterocycles. The molecule has 4 aromatic rings. The van der Waals surface area contributed by atoms with Crippen molar-refractivity contribution in [3.05, 3.63) is 48.1 Å². The fraction of sp³-hybridized carbons (Fsp3) is 0.674. The number of ether oxygens (including phenoxy) is 9. The van der Waals surface area contributed by atoms with Crippen molar-refractivity contribution < 1.29 is 42.6 Å². The number of morpholine rings is 1. The van der Waals surface area contributed by atoms with Crippen molar-refractivity contribution in [2.45, 2.75) is 89.8 Å². The van der Waals surface area contributed by atoms with E-state index in [1.165, 1.54) is 0 Å². The number of methoxy groups -OCH3 is 1. The second-order valence-electron chi connectivity index (χ2n) is 15.8. The van der Waals surface area contributed by atoms with Crippen LogP contribution in [0, 0.1) is 0 Å². The van der Waals surface area contributed by atoms with Crippen molar-refractivity contribution in [1.29, 1.82) is 0 Å². The summed E-state index contributed by atoms with van der Waals surface area (Å²) in [6, 6.07) is 6.41. The molecule has 20 heteroatoms. The van der Waals surface area contributed by atoms with E-state index in [1.54, 1.807) is 36.6 Å². The maximum atomic E-state index is 6.51. The van der Waals surface area contributed by atoms with Crippen molar-refractivity contribution in [3.8, 4) is 22.8 Å². The first-order chi connectivity index (χ1) is 30.8. The lowest BCUT2D eigenvalue weighted by atomic mass is 9.89. The summed E-state index contributed by atoms with van der Waals surface area (Å²) >= 11 is 6.51. The van der Waals surface area contributed by atoms with Gasteiger partial charge in [-0.2, -0.15) is 0 Å². The smallest absolute Gasteiger partial charge is 0.256 e. The van der Waals surface area contributed by atoms with Crippen LogP contribution in [0.3, 0.4) is 0 Å². The van der Waals surface area contributed by atoms with Gasteiger partial charge in [0.25, 0.3) is 5.88 Å². The molecule has 19 nitrogen and oxygen atoms in total. The molecule has 3 atom stereocenters. The van der Waals surface area contributed by atoms with E-state index in [0.29, 0.717) is 127 Å². The van der Waals surface area contributed by atoms with Gasteiger partial charge in [0.2, 0.25) is 5.95 Å². The number of hydrogen-bond donors (Lipinski definition) is 1. The number of anilines is 2. The Morgan fingerprint density at radius 2 is 1.41 bits per heavy atom. The summed E-state index contributed by atoms with van der Waals surface area (Å²) < 4.78 is 54.8. The Hall–Kier alpha value is -4.05. The van der Waals surface area contributed by atoms with Crippen molar-refractivity contribution in [3.63, 3.8) is 0 Å². The van der Waals surface area contributed by atoms with Crippen molar-refractivity contribution in [2.24, 2.45) is 0 Å². The number of tetrazole rings is 1. The first-order valence-corrected chi connectivity index (χ1v) is 22.5. The average Bonchev–Trinajstić information content (AvgIpc) is 3.95. The zero-order valence-electron chi connectivity index (χ0n) is 37.1. The van der Waals surface area contributed by atoms with Gasteiger partial charge in [-0.25, -0.2) is 14.6 Å². The van der Waals surface area contributed by atoms with E-state index in [-0.39, 0.29) is 24.4 Å². The summed E-state index contributed by atoms with van der Waals surface area (Å²) in [6.45, 7) is 14.9. The van der Waals surface area contributed by atoms with E-state index in [2.05, 4.69) is 49.6 Å². The molecule has 1 saturated carbocycles. The molecule has 2 fully saturated rings. The van der Waals surface area contributed by atoms with Crippen molar-refractivity contribution >= 4 is 23.2 Å². The van der Waals surface area contributed by atoms with Crippen molar-refractivity contribution in [2.75, 3.05) is 105 Å². The Balaban J connectivity index is 0.964. The summed E-state index contributed by atoms with van der Waals surface area (Å²) in [5.41, 5.74) is 2.37. The van der Waals surface area contributed by atoms with Crippen LogP contribution < -0.4 is 14.8 Å². The molecule has 1 N–H and O–H groups in total. The predicted molar refractivity (Wildman–Crippen MR) is 235 cm³/mol. The largest absolute Gasteiger partial charge is 0.487 e. The molecule has 0 unspecified atom stereocenters. The monoisotopic (exact) mass is 900 g/mol. The third kappa shape index (κ3) is 16.5. The molecule has 1 aromatic carbocycles. The van der Waals surface area contributed by atoms with Gasteiger partial charge in [-0.1, -0.05) is 17.7 Å². The summed E-state index contributed by atoms with van der Waals surface area (Å²) in [6.07, 6.45) is 12.3. The van der Waals surface area contributed by atoms with Crippen LogP contribution in [0.4, 0.5) is 11.6 Å². The maximum absolute atomic E-state index is 6.51. The highest BCUT2D eigenvalue weighted by atomic mass is 35.5. The second kappa shape index (κ2) is 26.7. The fourth-order valence-electron chi connectivity index (χ4n) is 7.63. The molecular formula is C43H65ClN10O9. The zero-order valence-corrected chi connectivity index (χ0v) is 37.9. The number of hydrogen-bond acceptors (Lipinski definition) is 17. The minimum Gasteiger partial charge on any atom is -0.487 e. The molecular weight excluding hydrogens is 836 g/mol. The van der Waals surface area contributed by atoms with Gasteiger partial charge in [0.15, 0.2) is 0 Å². The average molecular weight is 902 g/mol. The number of aromatic nitrogens is 8. The lowest BCUT2D eigenvalue weighted by Crippen LogP contribution is -2.51. The minimum absolute atomic E-state index is 0.224. The van der Waals surface area contributed by atoms with Crippen molar-refractivity contribution in [1.82, 2.24) is 44.9 Å². The standard InChI is InChI=1S/C43H65ClN10O9/c1-32-27-52(28-33(2)62-32)37-7-9-38(10-8-37)54-30-40(42(49-54)61-13-5-12-56-16-17-58-20-21-60-23-22-59-19-18-57-15-14-55-4)48-43-45-25-36(26-46-43)35-6-11-39(44)41(24-35)63-34(3)29-53-31-47-50-51-53/h6,11,24-26,30-34,37-38H,5,7-10,12-23,27-29H2,1-4H3,(H,45,46,48)/t32-,33+,34-,37-,38-/m0/s1. The maximum Gasteiger partial charge on any atom is 0.256 e. The second-order valence-corrected chi connectivity index (χ2v) is 16.2. The highest BCUT2D eigenvalue weighted by molar-refractivity contribution is 6.32. The Morgan fingerprint density at radius 3 is 2.03 bits per heavy atom. The molecule has 63 heavy (non-hydrogen) atoms. The van der Waals surface area contributed by atoms with Gasteiger partial charge in [0.05, 0.1) is 109 Å². The van der Waals surface area contributed by atoms with Crippen LogP contribution in [0.25, 0.3) is 11.1 Å². The first-order valence-electron chi connectivity index (χ1n) is 22.1. The van der Waals surface area contributed by atoms with E-state index < -0.39 is 0 Å². The SMILES string of the molecule is COCCOCCOCCOCCOCCOCCCOc1nn([C@H]2CC[C@H](N3C[C@@H](C)O[C@@H](C)C3)CC2)cc1Nc1ncc(-c2ccc(Cl)c(O[C@@H](C)Cn3cnnn3)c2)cn1. The van der Waals surface area contributed by atoms with Crippen LogP contribution in [0.15, 0.2) is 43.1 Å². The number of halogens is 1. The third-order valence-electron chi connectivity index (χ3n) is 10.6. The van der Waals surface area contributed by atoms with Gasteiger partial charge in [0.1, 0.15) is 23.9 Å². The minimum atomic E-state index is -0.224. The van der Waals surface area contributed by atoms with E-state index in [4.69, 9.17) is 59.3 Å². The van der Waals surface area contributed by atoms with Gasteiger partial charge in [-0.15, -0.1) is 10.2 Å². The van der Waals surface area contributed by atoms with E-state index in [9.17, 15) is 0 Å². The molecule has 2 aliphatic rings. The highest BCUT2D eigenvalue weighted by Gasteiger charge is 2.32. The highest BCUT2D eigenvalue weighted by Crippen LogP contribution is 2.36. The quantitative estimate of drug-likeness (QED) is 0.0694. The number of rotatable bonds is 29. The van der Waals surface area contributed by atoms with Crippen LogP contribution in [-0.4, -0.2) is 169 Å². The Morgan fingerprint density at radius 1 is 0.794 bits per heavy atom. The summed E-state index contributed by atoms with van der Waals surface area (Å²) in [5.74, 6) is 1.47. The number of benzene rings is 1. The van der Waals surface area contributed by atoms with Gasteiger partial charge in [-0.05, 0) is 74.6 Å². The molecule has 0 radical (unpaired) electrons. The summed E-state index contributed by atoms with van der Waals surface area (Å²) in [5, 5.41) is 20.1. The summed E-state index contributed by atoms with van der Waals surface area (Å²) in [4.78, 5) is 11.9. The third-order valence-corrected chi connectivity index (χ3v) is 10.9. The van der Waals surface area contributed by atoms with Crippen LogP contribution in [0.2, 0.25) is 5.02 Å². The molecule has 0 bridgehead atoms. The van der Waals surface area contributed by atoms with Gasteiger partial charge >= 0.3 is 0 Å². The summed E-state index contributed by atoms with van der Waals surface area (Å²) in [7, 11) is 1.65. The normalized spacial score (nSPS) is 19.9. The Bertz CT molecular complexity index is 1840. The molecule has 348 valence electrons. The van der Waals surface area contributed by atoms with Crippen LogP contribution in [0.5, 0.6) is 11.6 Å². The molecule has 4 heterocycles. The first kappa shape index (κ1) is 48.4. The zero-order chi connectivity index (χ0) is 44.1. The van der Waals surface area contributed by atoms with Gasteiger partial charge < -0.3 is 47.9 Å². The molecule has 1 aliphatic heterocycles. The van der Waals surface area contributed by atoms with E-state index >= 15 is 0 Å². The molecule has 1 saturated heterocycles. The van der Waals surface area contributed by atoms with Crippen LogP contribution in [-0.2, 0) is 39.7 Å². The number of nitrogens with zero attached hydrogens (tertiary/aromatic N) is 9. The van der Waals surface area contributed by atoms with Gasteiger partial charge in [-0.3, -0.25) is 9.58 Å². The predicted octanol–water partition coefficient (Wildman–Crippen LogP) is 5.28. The fourth-order valence-corrected chi connectivity index (χ4v) is 7.79. The van der Waals surface area contributed by atoms with Gasteiger partial charge in [0, 0.05) is 57.2 Å². The van der Waals surface area contributed by atoms with Crippen LogP contribution >= 0.6 is 11.6 Å². The molecule has 0 amide bonds. The Labute approximate surface area is 375 Å². The lowest BCUT2D eigenvalue weighted by molar-refractivity contribution is -0.0852. The Kier molecular flexibility index (Phi) is 20.5. The van der Waals surface area contributed by atoms with E-state index in [1.807, 2.05) is 29.9 Å². The lowest BCUT2D eigenvalue weighted by Gasteiger charge is -2.42. The molecule has 6 rings (SSSR count).